The van der Waals surface area contributed by atoms with Crippen LogP contribution in [0.5, 0.6) is 0 Å². The second kappa shape index (κ2) is 7.12. The molecule has 3 heterocycles. The highest BCUT2D eigenvalue weighted by Crippen LogP contribution is 2.46. The van der Waals surface area contributed by atoms with Crippen LogP contribution in [0.3, 0.4) is 0 Å². The van der Waals surface area contributed by atoms with Crippen molar-refractivity contribution in [2.75, 3.05) is 26.2 Å². The van der Waals surface area contributed by atoms with Gasteiger partial charge in [-0.2, -0.15) is 4.98 Å². The first kappa shape index (κ1) is 18.2. The van der Waals surface area contributed by atoms with Crippen LogP contribution in [-0.2, 0) is 4.79 Å². The zero-order valence-electron chi connectivity index (χ0n) is 15.3. The van der Waals surface area contributed by atoms with Crippen LogP contribution in [0.15, 0.2) is 4.52 Å². The second-order valence-corrected chi connectivity index (χ2v) is 8.59. The lowest BCUT2D eigenvalue weighted by Gasteiger charge is -2.43. The minimum atomic E-state index is -0.142. The van der Waals surface area contributed by atoms with E-state index in [4.69, 9.17) is 4.52 Å². The Labute approximate surface area is 160 Å². The molecule has 0 radical (unpaired) electrons. The van der Waals surface area contributed by atoms with Crippen molar-refractivity contribution in [3.05, 3.63) is 11.7 Å². The molecule has 1 unspecified atom stereocenters. The Morgan fingerprint density at radius 1 is 1.15 bits per heavy atom. The maximum Gasteiger partial charge on any atom is 0.230 e. The van der Waals surface area contributed by atoms with Gasteiger partial charge in [0.25, 0.3) is 0 Å². The zero-order chi connectivity index (χ0) is 16.9. The Balaban J connectivity index is 0.00000168. The molecule has 1 amide bonds. The molecule has 2 aliphatic heterocycles. The van der Waals surface area contributed by atoms with E-state index in [9.17, 15) is 4.79 Å². The van der Waals surface area contributed by atoms with Crippen molar-refractivity contribution >= 4 is 18.3 Å². The summed E-state index contributed by atoms with van der Waals surface area (Å²) < 4.78 is 5.45. The summed E-state index contributed by atoms with van der Waals surface area (Å²) in [6.07, 6.45) is 9.17. The number of rotatable bonds is 3. The monoisotopic (exact) mass is 380 g/mol. The first-order valence-electron chi connectivity index (χ1n) is 10.1. The zero-order valence-corrected chi connectivity index (χ0v) is 16.1. The number of fused-ring (bicyclic) bond motifs is 1. The van der Waals surface area contributed by atoms with E-state index in [1.807, 2.05) is 0 Å². The van der Waals surface area contributed by atoms with E-state index in [2.05, 4.69) is 20.4 Å². The molecule has 1 aromatic heterocycles. The highest BCUT2D eigenvalue weighted by atomic mass is 35.5. The number of hydrogen-bond donors (Lipinski definition) is 1. The van der Waals surface area contributed by atoms with Crippen molar-refractivity contribution in [1.82, 2.24) is 20.4 Å². The molecule has 26 heavy (non-hydrogen) atoms. The maximum absolute atomic E-state index is 13.5. The van der Waals surface area contributed by atoms with Crippen molar-refractivity contribution in [3.8, 4) is 0 Å². The molecule has 6 nitrogen and oxygen atoms in total. The molecule has 5 rings (SSSR count). The quantitative estimate of drug-likeness (QED) is 0.872. The van der Waals surface area contributed by atoms with Crippen LogP contribution < -0.4 is 5.32 Å². The Bertz CT molecular complexity index is 662. The van der Waals surface area contributed by atoms with Gasteiger partial charge in [-0.15, -0.1) is 12.4 Å². The van der Waals surface area contributed by atoms with E-state index in [-0.39, 0.29) is 23.7 Å². The molecule has 2 saturated heterocycles. The van der Waals surface area contributed by atoms with Gasteiger partial charge in [-0.3, -0.25) is 4.79 Å². The number of amides is 1. The predicted octanol–water partition coefficient (Wildman–Crippen LogP) is 2.85. The number of nitrogens with one attached hydrogen (secondary N) is 1. The van der Waals surface area contributed by atoms with Crippen molar-refractivity contribution in [2.45, 2.75) is 63.2 Å². The van der Waals surface area contributed by atoms with Gasteiger partial charge < -0.3 is 14.7 Å². The first-order valence-corrected chi connectivity index (χ1v) is 10.1. The van der Waals surface area contributed by atoms with Gasteiger partial charge in [-0.25, -0.2) is 0 Å². The summed E-state index contributed by atoms with van der Waals surface area (Å²) in [6.45, 7) is 3.53. The van der Waals surface area contributed by atoms with Crippen molar-refractivity contribution in [1.29, 1.82) is 0 Å². The fourth-order valence-electron chi connectivity index (χ4n) is 5.26. The molecular weight excluding hydrogens is 352 g/mol. The van der Waals surface area contributed by atoms with E-state index in [1.165, 1.54) is 32.1 Å². The van der Waals surface area contributed by atoms with Crippen molar-refractivity contribution < 1.29 is 9.32 Å². The average molecular weight is 381 g/mol. The van der Waals surface area contributed by atoms with E-state index < -0.39 is 0 Å². The average Bonchev–Trinajstić information content (AvgIpc) is 3.22. The van der Waals surface area contributed by atoms with E-state index in [0.717, 1.165) is 57.2 Å². The van der Waals surface area contributed by atoms with Gasteiger partial charge in [0.1, 0.15) is 0 Å². The third-order valence-electron chi connectivity index (χ3n) is 6.92. The summed E-state index contributed by atoms with van der Waals surface area (Å²) in [5.41, 5.74) is -0.142. The molecule has 0 spiro atoms. The van der Waals surface area contributed by atoms with Gasteiger partial charge in [0.05, 0.1) is 5.41 Å². The summed E-state index contributed by atoms with van der Waals surface area (Å²) in [7, 11) is 0. The van der Waals surface area contributed by atoms with Crippen LogP contribution in [0, 0.1) is 11.3 Å². The summed E-state index contributed by atoms with van der Waals surface area (Å²) in [4.78, 5) is 20.2. The molecule has 1 N–H and O–H groups in total. The van der Waals surface area contributed by atoms with Crippen molar-refractivity contribution in [3.63, 3.8) is 0 Å². The van der Waals surface area contributed by atoms with Crippen LogP contribution in [-0.4, -0.2) is 47.1 Å². The van der Waals surface area contributed by atoms with Gasteiger partial charge in [-0.05, 0) is 51.0 Å². The molecule has 4 fully saturated rings. The summed E-state index contributed by atoms with van der Waals surface area (Å²) in [5, 5.41) is 7.74. The molecule has 0 bridgehead atoms. The molecule has 2 saturated carbocycles. The molecule has 0 aromatic carbocycles. The standard InChI is InChI=1S/C19H28N4O2.ClH/c24-18(19-8-2-1-5-15(19)10-20-12-19)23-9-3-4-14(11-23)16-21-17(25-22-16)13-6-7-13;/h13-15,20H,1-12H2;1H/t14?,15-,19+;/m0./s1. The summed E-state index contributed by atoms with van der Waals surface area (Å²) in [6, 6.07) is 0. The second-order valence-electron chi connectivity index (χ2n) is 8.59. The van der Waals surface area contributed by atoms with E-state index in [1.54, 1.807) is 0 Å². The van der Waals surface area contributed by atoms with Crippen LogP contribution >= 0.6 is 12.4 Å². The summed E-state index contributed by atoms with van der Waals surface area (Å²) in [5.74, 6) is 3.28. The smallest absolute Gasteiger partial charge is 0.230 e. The summed E-state index contributed by atoms with van der Waals surface area (Å²) >= 11 is 0. The number of halogens is 1. The highest BCUT2D eigenvalue weighted by Gasteiger charge is 2.51. The SMILES string of the molecule is Cl.O=C(N1CCCC(c2noc(C3CC3)n2)C1)[C@@]12CCCC[C@H]1CNC2. The lowest BCUT2D eigenvalue weighted by Crippen LogP contribution is -2.52. The molecule has 4 aliphatic rings. The number of nitrogens with zero attached hydrogens (tertiary/aromatic N) is 3. The minimum Gasteiger partial charge on any atom is -0.341 e. The van der Waals surface area contributed by atoms with Gasteiger partial charge in [-0.1, -0.05) is 18.0 Å². The lowest BCUT2D eigenvalue weighted by molar-refractivity contribution is -0.146. The number of piperidine rings is 1. The largest absolute Gasteiger partial charge is 0.341 e. The first-order chi connectivity index (χ1) is 12.3. The highest BCUT2D eigenvalue weighted by molar-refractivity contribution is 5.85. The fraction of sp³-hybridized carbons (Fsp3) is 0.842. The number of likely N-dealkylation sites (tertiary alicyclic amines) is 1. The lowest BCUT2D eigenvalue weighted by atomic mass is 9.67. The fourth-order valence-corrected chi connectivity index (χ4v) is 5.26. The van der Waals surface area contributed by atoms with Crippen LogP contribution in [0.25, 0.3) is 0 Å². The normalized spacial score (nSPS) is 34.2. The van der Waals surface area contributed by atoms with Gasteiger partial charge >= 0.3 is 0 Å². The van der Waals surface area contributed by atoms with Crippen LogP contribution in [0.1, 0.15) is 74.9 Å². The van der Waals surface area contributed by atoms with Crippen LogP contribution in [0.2, 0.25) is 0 Å². The molecule has 1 aromatic rings. The van der Waals surface area contributed by atoms with E-state index >= 15 is 0 Å². The third-order valence-corrected chi connectivity index (χ3v) is 6.92. The van der Waals surface area contributed by atoms with Gasteiger partial charge in [0.15, 0.2) is 5.82 Å². The topological polar surface area (TPSA) is 71.3 Å². The van der Waals surface area contributed by atoms with Crippen LogP contribution in [0.4, 0.5) is 0 Å². The Morgan fingerprint density at radius 2 is 2.04 bits per heavy atom. The molecule has 2 aliphatic carbocycles. The number of carbonyl (C=O) groups excluding carboxylic acids is 1. The maximum atomic E-state index is 13.5. The third kappa shape index (κ3) is 3.05. The Kier molecular flexibility index (Phi) is 4.99. The van der Waals surface area contributed by atoms with Crippen molar-refractivity contribution in [2.24, 2.45) is 11.3 Å². The molecule has 3 atom stereocenters. The minimum absolute atomic E-state index is 0. The number of carbonyl (C=O) groups is 1. The molecule has 144 valence electrons. The number of hydrogen-bond acceptors (Lipinski definition) is 5. The van der Waals surface area contributed by atoms with E-state index in [0.29, 0.717) is 17.7 Å². The van der Waals surface area contributed by atoms with Gasteiger partial charge in [0, 0.05) is 31.5 Å². The van der Waals surface area contributed by atoms with Gasteiger partial charge in [0.2, 0.25) is 11.8 Å². The molecular formula is C19H29ClN4O2. The predicted molar refractivity (Wildman–Crippen MR) is 99.3 cm³/mol. The number of aromatic nitrogens is 2. The Morgan fingerprint density at radius 3 is 2.88 bits per heavy atom. The molecule has 7 heteroatoms. The Hall–Kier alpha value is -1.14.